The molecule has 0 aliphatic rings. The maximum atomic E-state index is 11.5. The van der Waals surface area contributed by atoms with Crippen molar-refractivity contribution in [2.75, 3.05) is 0 Å². The van der Waals surface area contributed by atoms with Gasteiger partial charge in [0.15, 0.2) is 0 Å². The van der Waals surface area contributed by atoms with Crippen LogP contribution in [0.4, 0.5) is 0 Å². The minimum Gasteiger partial charge on any atom is -0.478 e. The Morgan fingerprint density at radius 1 is 1.12 bits per heavy atom. The Morgan fingerprint density at radius 3 is 2.70 bits per heavy atom. The standard InChI is InChI=1S/C24H23N7O2/c1-2-3-6-22-25-19-12-9-17(24(32)33)14-21(19)31(22)15-16-7-10-18(11-8-16)30-13-4-5-20(30)23-26-28-29-27-23/h4-5,7-14H,2-3,6,15H2,1H3,(H,32,33)(H,26,27,28,29). The van der Waals surface area contributed by atoms with Gasteiger partial charge in [0.25, 0.3) is 0 Å². The summed E-state index contributed by atoms with van der Waals surface area (Å²) in [5.74, 6) is 0.570. The number of aromatic carboxylic acids is 1. The van der Waals surface area contributed by atoms with Gasteiger partial charge in [-0.3, -0.25) is 0 Å². The molecule has 0 fully saturated rings. The molecule has 9 heteroatoms. The van der Waals surface area contributed by atoms with Gasteiger partial charge in [-0.2, -0.15) is 5.21 Å². The molecule has 0 saturated carbocycles. The first-order chi connectivity index (χ1) is 16.1. The Morgan fingerprint density at radius 2 is 1.97 bits per heavy atom. The SMILES string of the molecule is CCCCc1nc2ccc(C(=O)O)cc2n1Cc1ccc(-n2cccc2-c2nn[nH]n2)cc1. The molecule has 0 aliphatic heterocycles. The van der Waals surface area contributed by atoms with E-state index < -0.39 is 5.97 Å². The van der Waals surface area contributed by atoms with Crippen molar-refractivity contribution in [1.82, 2.24) is 34.7 Å². The molecule has 9 nitrogen and oxygen atoms in total. The average Bonchev–Trinajstić information content (AvgIpc) is 3.58. The summed E-state index contributed by atoms with van der Waals surface area (Å²) in [7, 11) is 0. The number of unbranched alkanes of at least 4 members (excludes halogenated alkanes) is 1. The Bertz CT molecular complexity index is 1400. The predicted molar refractivity (Wildman–Crippen MR) is 123 cm³/mol. The van der Waals surface area contributed by atoms with Gasteiger partial charge in [0.2, 0.25) is 5.82 Å². The first-order valence-corrected chi connectivity index (χ1v) is 10.9. The number of carboxylic acid groups (broad SMARTS) is 1. The Kier molecular flexibility index (Phi) is 5.43. The number of tetrazole rings is 1. The highest BCUT2D eigenvalue weighted by molar-refractivity contribution is 5.92. The summed E-state index contributed by atoms with van der Waals surface area (Å²) in [4.78, 5) is 16.3. The third-order valence-electron chi connectivity index (χ3n) is 5.71. The molecule has 5 aromatic rings. The van der Waals surface area contributed by atoms with Gasteiger partial charge in [-0.25, -0.2) is 9.78 Å². The first kappa shape index (κ1) is 20.6. The van der Waals surface area contributed by atoms with E-state index in [2.05, 4.69) is 44.2 Å². The topological polar surface area (TPSA) is 115 Å². The Hall–Kier alpha value is -4.27. The molecule has 166 valence electrons. The highest BCUT2D eigenvalue weighted by Crippen LogP contribution is 2.23. The molecule has 2 aromatic carbocycles. The molecular formula is C24H23N7O2. The monoisotopic (exact) mass is 441 g/mol. The van der Waals surface area contributed by atoms with E-state index in [1.54, 1.807) is 18.2 Å². The fourth-order valence-corrected chi connectivity index (χ4v) is 4.01. The number of benzene rings is 2. The quantitative estimate of drug-likeness (QED) is 0.375. The van der Waals surface area contributed by atoms with E-state index in [9.17, 15) is 9.90 Å². The zero-order valence-electron chi connectivity index (χ0n) is 18.1. The van der Waals surface area contributed by atoms with Crippen LogP contribution in [-0.4, -0.2) is 45.8 Å². The lowest BCUT2D eigenvalue weighted by molar-refractivity contribution is 0.0697. The number of carbonyl (C=O) groups is 1. The second kappa shape index (κ2) is 8.70. The number of hydrogen-bond acceptors (Lipinski definition) is 5. The van der Waals surface area contributed by atoms with Crippen LogP contribution in [0.3, 0.4) is 0 Å². The van der Waals surface area contributed by atoms with Crippen molar-refractivity contribution >= 4 is 17.0 Å². The van der Waals surface area contributed by atoms with Crippen LogP contribution < -0.4 is 0 Å². The van der Waals surface area contributed by atoms with Crippen molar-refractivity contribution in [3.63, 3.8) is 0 Å². The average molecular weight is 441 g/mol. The zero-order valence-corrected chi connectivity index (χ0v) is 18.1. The van der Waals surface area contributed by atoms with Gasteiger partial charge in [-0.15, -0.1) is 10.2 Å². The molecule has 0 aliphatic carbocycles. The highest BCUT2D eigenvalue weighted by Gasteiger charge is 2.14. The fraction of sp³-hybridized carbons (Fsp3) is 0.208. The van der Waals surface area contributed by atoms with Crippen LogP contribution in [0.15, 0.2) is 60.8 Å². The van der Waals surface area contributed by atoms with Crippen molar-refractivity contribution in [2.24, 2.45) is 0 Å². The molecule has 0 spiro atoms. The van der Waals surface area contributed by atoms with Crippen LogP contribution in [0.2, 0.25) is 0 Å². The number of nitrogens with one attached hydrogen (secondary N) is 1. The van der Waals surface area contributed by atoms with Crippen molar-refractivity contribution in [2.45, 2.75) is 32.7 Å². The van der Waals surface area contributed by atoms with Gasteiger partial charge in [0.1, 0.15) is 5.82 Å². The molecule has 0 amide bonds. The number of rotatable bonds is 8. The van der Waals surface area contributed by atoms with Crippen LogP contribution in [0, 0.1) is 0 Å². The summed E-state index contributed by atoms with van der Waals surface area (Å²) >= 11 is 0. The number of aromatic amines is 1. The molecule has 0 unspecified atom stereocenters. The first-order valence-electron chi connectivity index (χ1n) is 10.9. The molecule has 0 bridgehead atoms. The van der Waals surface area contributed by atoms with E-state index in [4.69, 9.17) is 4.98 Å². The van der Waals surface area contributed by atoms with Crippen LogP contribution in [-0.2, 0) is 13.0 Å². The predicted octanol–water partition coefficient (Wildman–Crippen LogP) is 4.10. The smallest absolute Gasteiger partial charge is 0.335 e. The van der Waals surface area contributed by atoms with E-state index in [1.165, 1.54) is 0 Å². The number of aromatic nitrogens is 7. The maximum Gasteiger partial charge on any atom is 0.335 e. The van der Waals surface area contributed by atoms with Crippen molar-refractivity contribution < 1.29 is 9.90 Å². The third-order valence-corrected chi connectivity index (χ3v) is 5.71. The summed E-state index contributed by atoms with van der Waals surface area (Å²) in [6.45, 7) is 2.76. The molecule has 0 atom stereocenters. The number of fused-ring (bicyclic) bond motifs is 1. The molecule has 3 heterocycles. The number of nitrogens with zero attached hydrogens (tertiary/aromatic N) is 6. The molecule has 0 radical (unpaired) electrons. The summed E-state index contributed by atoms with van der Waals surface area (Å²) in [5.41, 5.74) is 4.86. The fourth-order valence-electron chi connectivity index (χ4n) is 4.01. The zero-order chi connectivity index (χ0) is 22.8. The molecule has 33 heavy (non-hydrogen) atoms. The molecule has 0 saturated heterocycles. The van der Waals surface area contributed by atoms with Gasteiger partial charge >= 0.3 is 5.97 Å². The van der Waals surface area contributed by atoms with Gasteiger partial charge in [-0.1, -0.05) is 25.5 Å². The number of carboxylic acids is 1. The minimum atomic E-state index is -0.937. The van der Waals surface area contributed by atoms with Gasteiger partial charge in [0, 0.05) is 24.8 Å². The summed E-state index contributed by atoms with van der Waals surface area (Å²) in [6, 6.07) is 17.2. The molecule has 5 rings (SSSR count). The largest absolute Gasteiger partial charge is 0.478 e. The van der Waals surface area contributed by atoms with Gasteiger partial charge in [-0.05, 0) is 59.7 Å². The van der Waals surface area contributed by atoms with E-state index in [1.807, 2.05) is 35.0 Å². The van der Waals surface area contributed by atoms with E-state index in [0.29, 0.717) is 12.4 Å². The normalized spacial score (nSPS) is 11.3. The second-order valence-corrected chi connectivity index (χ2v) is 7.89. The summed E-state index contributed by atoms with van der Waals surface area (Å²) < 4.78 is 4.14. The lowest BCUT2D eigenvalue weighted by Crippen LogP contribution is -2.06. The lowest BCUT2D eigenvalue weighted by Gasteiger charge is -2.12. The van der Waals surface area contributed by atoms with Gasteiger partial charge < -0.3 is 14.2 Å². The number of H-pyrrole nitrogens is 1. The Labute approximate surface area is 189 Å². The molecule has 2 N–H and O–H groups in total. The second-order valence-electron chi connectivity index (χ2n) is 7.89. The number of hydrogen-bond donors (Lipinski definition) is 2. The van der Waals surface area contributed by atoms with E-state index >= 15 is 0 Å². The Balaban J connectivity index is 1.48. The van der Waals surface area contributed by atoms with E-state index in [0.717, 1.165) is 53.1 Å². The van der Waals surface area contributed by atoms with Crippen molar-refractivity contribution in [3.8, 4) is 17.2 Å². The summed E-state index contributed by atoms with van der Waals surface area (Å²) in [5, 5.41) is 23.7. The molecular weight excluding hydrogens is 418 g/mol. The number of imidazole rings is 1. The number of aryl methyl sites for hydroxylation is 1. The van der Waals surface area contributed by atoms with Crippen molar-refractivity contribution in [1.29, 1.82) is 0 Å². The lowest BCUT2D eigenvalue weighted by atomic mass is 10.1. The van der Waals surface area contributed by atoms with Crippen LogP contribution >= 0.6 is 0 Å². The van der Waals surface area contributed by atoms with Crippen LogP contribution in [0.1, 0.15) is 41.5 Å². The van der Waals surface area contributed by atoms with E-state index in [-0.39, 0.29) is 5.56 Å². The minimum absolute atomic E-state index is 0.266. The van der Waals surface area contributed by atoms with Crippen LogP contribution in [0.25, 0.3) is 28.2 Å². The highest BCUT2D eigenvalue weighted by atomic mass is 16.4. The van der Waals surface area contributed by atoms with Gasteiger partial charge in [0.05, 0.1) is 22.3 Å². The van der Waals surface area contributed by atoms with Crippen molar-refractivity contribution in [3.05, 3.63) is 77.7 Å². The third kappa shape index (κ3) is 4.00. The maximum absolute atomic E-state index is 11.5. The van der Waals surface area contributed by atoms with Crippen LogP contribution in [0.5, 0.6) is 0 Å². The molecule has 3 aromatic heterocycles. The summed E-state index contributed by atoms with van der Waals surface area (Å²) in [6.07, 6.45) is 4.90.